The second kappa shape index (κ2) is 6.07. The van der Waals surface area contributed by atoms with Gasteiger partial charge in [0, 0.05) is 19.2 Å². The van der Waals surface area contributed by atoms with E-state index in [1.165, 1.54) is 24.9 Å². The van der Waals surface area contributed by atoms with Crippen LogP contribution >= 0.6 is 0 Å². The van der Waals surface area contributed by atoms with Crippen LogP contribution in [0.25, 0.3) is 0 Å². The van der Waals surface area contributed by atoms with Gasteiger partial charge in [0.1, 0.15) is 5.75 Å². The van der Waals surface area contributed by atoms with E-state index in [4.69, 9.17) is 4.74 Å². The fraction of sp³-hybridized carbons (Fsp3) is 0.667. The molecule has 0 atom stereocenters. The Morgan fingerprint density at radius 1 is 1.28 bits per heavy atom. The van der Waals surface area contributed by atoms with Crippen molar-refractivity contribution in [3.63, 3.8) is 0 Å². The minimum absolute atomic E-state index is 0.604. The molecule has 100 valence electrons. The Bertz CT molecular complexity index is 384. The number of anilines is 1. The van der Waals surface area contributed by atoms with Gasteiger partial charge in [0.05, 0.1) is 24.7 Å². The zero-order chi connectivity index (χ0) is 13.0. The number of rotatable bonds is 4. The first kappa shape index (κ1) is 13.2. The molecule has 1 aromatic heterocycles. The number of aromatic nitrogens is 1. The lowest BCUT2D eigenvalue weighted by Gasteiger charge is -2.29. The predicted molar refractivity (Wildman–Crippen MR) is 75.4 cm³/mol. The lowest BCUT2D eigenvalue weighted by Crippen LogP contribution is -2.29. The average molecular weight is 248 g/mol. The summed E-state index contributed by atoms with van der Waals surface area (Å²) in [6.07, 6.45) is 6.91. The van der Waals surface area contributed by atoms with Crippen LogP contribution in [0.15, 0.2) is 12.3 Å². The summed E-state index contributed by atoms with van der Waals surface area (Å²) >= 11 is 0. The third-order valence-corrected chi connectivity index (χ3v) is 3.46. The minimum atomic E-state index is 0.604. The fourth-order valence-electron chi connectivity index (χ4n) is 2.50. The molecule has 1 aliphatic rings. The van der Waals surface area contributed by atoms with Crippen LogP contribution in [0.4, 0.5) is 5.69 Å². The van der Waals surface area contributed by atoms with Gasteiger partial charge in [0.2, 0.25) is 0 Å². The molecule has 2 heterocycles. The Morgan fingerprint density at radius 2 is 2.00 bits per heavy atom. The van der Waals surface area contributed by atoms with Gasteiger partial charge in [-0.15, -0.1) is 0 Å². The molecule has 0 unspecified atom stereocenters. The maximum absolute atomic E-state index is 5.49. The normalized spacial score (nSPS) is 16.1. The van der Waals surface area contributed by atoms with Gasteiger partial charge in [-0.1, -0.05) is 13.8 Å². The standard InChI is InChI=1S/C15H24N2O/c1-12(2)9-14-15(18-3)10-13(11-16-14)17-7-5-4-6-8-17/h10-12H,4-9H2,1-3H3. The molecule has 0 saturated carbocycles. The van der Waals surface area contributed by atoms with Crippen LogP contribution in [-0.2, 0) is 6.42 Å². The van der Waals surface area contributed by atoms with Crippen LogP contribution in [0.3, 0.4) is 0 Å². The van der Waals surface area contributed by atoms with E-state index < -0.39 is 0 Å². The molecule has 1 aromatic rings. The molecule has 18 heavy (non-hydrogen) atoms. The van der Waals surface area contributed by atoms with Crippen molar-refractivity contribution in [2.24, 2.45) is 5.92 Å². The summed E-state index contributed by atoms with van der Waals surface area (Å²) in [7, 11) is 1.74. The van der Waals surface area contributed by atoms with Crippen LogP contribution in [-0.4, -0.2) is 25.2 Å². The lowest BCUT2D eigenvalue weighted by molar-refractivity contribution is 0.403. The molecule has 2 rings (SSSR count). The number of pyridine rings is 1. The van der Waals surface area contributed by atoms with E-state index in [1.54, 1.807) is 7.11 Å². The van der Waals surface area contributed by atoms with E-state index in [2.05, 4.69) is 29.8 Å². The molecule has 0 N–H and O–H groups in total. The Kier molecular flexibility index (Phi) is 4.45. The molecule has 0 spiro atoms. The summed E-state index contributed by atoms with van der Waals surface area (Å²) in [6, 6.07) is 2.15. The molecule has 0 radical (unpaired) electrons. The van der Waals surface area contributed by atoms with E-state index in [-0.39, 0.29) is 0 Å². The van der Waals surface area contributed by atoms with Crippen LogP contribution in [0.1, 0.15) is 38.8 Å². The molecule has 0 bridgehead atoms. The number of nitrogens with zero attached hydrogens (tertiary/aromatic N) is 2. The van der Waals surface area contributed by atoms with Gasteiger partial charge in [-0.05, 0) is 31.6 Å². The van der Waals surface area contributed by atoms with Gasteiger partial charge >= 0.3 is 0 Å². The molecule has 1 saturated heterocycles. The van der Waals surface area contributed by atoms with Crippen LogP contribution < -0.4 is 9.64 Å². The third-order valence-electron chi connectivity index (χ3n) is 3.46. The molecular weight excluding hydrogens is 224 g/mol. The number of methoxy groups -OCH3 is 1. The number of hydrogen-bond acceptors (Lipinski definition) is 3. The van der Waals surface area contributed by atoms with Crippen molar-refractivity contribution in [1.29, 1.82) is 0 Å². The van der Waals surface area contributed by atoms with Gasteiger partial charge in [-0.25, -0.2) is 0 Å². The molecule has 3 heteroatoms. The second-order valence-electron chi connectivity index (χ2n) is 5.49. The Labute approximate surface area is 110 Å². The monoisotopic (exact) mass is 248 g/mol. The van der Waals surface area contributed by atoms with Gasteiger partial charge in [-0.2, -0.15) is 0 Å². The summed E-state index contributed by atoms with van der Waals surface area (Å²) < 4.78 is 5.49. The number of piperidine rings is 1. The molecule has 0 aliphatic carbocycles. The smallest absolute Gasteiger partial charge is 0.142 e. The van der Waals surface area contributed by atoms with Crippen LogP contribution in [0, 0.1) is 5.92 Å². The van der Waals surface area contributed by atoms with E-state index >= 15 is 0 Å². The summed E-state index contributed by atoms with van der Waals surface area (Å²) in [6.45, 7) is 6.71. The van der Waals surface area contributed by atoms with Crippen molar-refractivity contribution >= 4 is 5.69 Å². The summed E-state index contributed by atoms with van der Waals surface area (Å²) in [5, 5.41) is 0. The largest absolute Gasteiger partial charge is 0.495 e. The average Bonchev–Trinajstić information content (AvgIpc) is 2.39. The van der Waals surface area contributed by atoms with Crippen molar-refractivity contribution < 1.29 is 4.74 Å². The number of hydrogen-bond donors (Lipinski definition) is 0. The topological polar surface area (TPSA) is 25.4 Å². The highest BCUT2D eigenvalue weighted by atomic mass is 16.5. The molecule has 1 fully saturated rings. The molecule has 3 nitrogen and oxygen atoms in total. The van der Waals surface area contributed by atoms with E-state index in [0.717, 1.165) is 31.0 Å². The van der Waals surface area contributed by atoms with Gasteiger partial charge < -0.3 is 9.64 Å². The zero-order valence-electron chi connectivity index (χ0n) is 11.8. The van der Waals surface area contributed by atoms with Crippen molar-refractivity contribution in [3.8, 4) is 5.75 Å². The summed E-state index contributed by atoms with van der Waals surface area (Å²) in [5.74, 6) is 1.54. The lowest BCUT2D eigenvalue weighted by atomic mass is 10.1. The van der Waals surface area contributed by atoms with Crippen molar-refractivity contribution in [2.45, 2.75) is 39.5 Å². The molecule has 0 amide bonds. The van der Waals surface area contributed by atoms with Crippen molar-refractivity contribution in [2.75, 3.05) is 25.1 Å². The van der Waals surface area contributed by atoms with Crippen molar-refractivity contribution in [1.82, 2.24) is 4.98 Å². The quantitative estimate of drug-likeness (QED) is 0.817. The second-order valence-corrected chi connectivity index (χ2v) is 5.49. The Hall–Kier alpha value is -1.25. The van der Waals surface area contributed by atoms with Gasteiger partial charge in [-0.3, -0.25) is 4.98 Å². The summed E-state index contributed by atoms with van der Waals surface area (Å²) in [4.78, 5) is 7.01. The Balaban J connectivity index is 2.17. The highest BCUT2D eigenvalue weighted by Gasteiger charge is 2.14. The maximum atomic E-state index is 5.49. The first-order valence-electron chi connectivity index (χ1n) is 6.98. The van der Waals surface area contributed by atoms with Gasteiger partial charge in [0.25, 0.3) is 0 Å². The predicted octanol–water partition coefficient (Wildman–Crippen LogP) is 3.28. The van der Waals surface area contributed by atoms with Crippen LogP contribution in [0.5, 0.6) is 5.75 Å². The first-order chi connectivity index (χ1) is 8.70. The Morgan fingerprint density at radius 3 is 2.61 bits per heavy atom. The first-order valence-corrected chi connectivity index (χ1v) is 6.98. The third kappa shape index (κ3) is 3.15. The maximum Gasteiger partial charge on any atom is 0.142 e. The molecule has 1 aliphatic heterocycles. The minimum Gasteiger partial charge on any atom is -0.495 e. The highest BCUT2D eigenvalue weighted by Crippen LogP contribution is 2.27. The van der Waals surface area contributed by atoms with Crippen LogP contribution in [0.2, 0.25) is 0 Å². The fourth-order valence-corrected chi connectivity index (χ4v) is 2.50. The molecular formula is C15H24N2O. The number of ether oxygens (including phenoxy) is 1. The van der Waals surface area contributed by atoms with Crippen molar-refractivity contribution in [3.05, 3.63) is 18.0 Å². The zero-order valence-corrected chi connectivity index (χ0v) is 11.8. The van der Waals surface area contributed by atoms with E-state index in [1.807, 2.05) is 6.20 Å². The summed E-state index contributed by atoms with van der Waals surface area (Å²) in [5.41, 5.74) is 2.28. The van der Waals surface area contributed by atoms with E-state index in [9.17, 15) is 0 Å². The molecule has 0 aromatic carbocycles. The van der Waals surface area contributed by atoms with Gasteiger partial charge in [0.15, 0.2) is 0 Å². The van der Waals surface area contributed by atoms with E-state index in [0.29, 0.717) is 5.92 Å². The SMILES string of the molecule is COc1cc(N2CCCCC2)cnc1CC(C)C. The highest BCUT2D eigenvalue weighted by molar-refractivity contribution is 5.50.